The van der Waals surface area contributed by atoms with Crippen molar-refractivity contribution in [3.05, 3.63) is 23.8 Å². The van der Waals surface area contributed by atoms with E-state index in [9.17, 15) is 4.79 Å². The average molecular weight is 278 g/mol. The Bertz CT molecular complexity index is 472. The van der Waals surface area contributed by atoms with Crippen LogP contribution in [0.25, 0.3) is 0 Å². The van der Waals surface area contributed by atoms with Crippen LogP contribution in [0.1, 0.15) is 25.3 Å². The standard InChI is InChI=1S/C15H22N2O3/c1-3-20-14-10-11(2)4-7-13(14)16-15(19)17(8-9-18)12-5-6-12/h4,7,10,12,18H,3,5-6,8-9H2,1-2H3,(H,16,19). The van der Waals surface area contributed by atoms with Crippen molar-refractivity contribution in [3.63, 3.8) is 0 Å². The first-order chi connectivity index (χ1) is 9.65. The second-order valence-electron chi connectivity index (χ2n) is 5.01. The van der Waals surface area contributed by atoms with Gasteiger partial charge in [-0.25, -0.2) is 4.79 Å². The van der Waals surface area contributed by atoms with E-state index in [0.717, 1.165) is 18.4 Å². The zero-order chi connectivity index (χ0) is 14.5. The number of hydrogen-bond acceptors (Lipinski definition) is 3. The monoisotopic (exact) mass is 278 g/mol. The van der Waals surface area contributed by atoms with Gasteiger partial charge < -0.3 is 20.1 Å². The Morgan fingerprint density at radius 3 is 2.85 bits per heavy atom. The Morgan fingerprint density at radius 1 is 1.50 bits per heavy atom. The molecule has 1 aliphatic carbocycles. The first-order valence-electron chi connectivity index (χ1n) is 7.07. The molecule has 0 aromatic heterocycles. The van der Waals surface area contributed by atoms with Crippen LogP contribution in [0.15, 0.2) is 18.2 Å². The fraction of sp³-hybridized carbons (Fsp3) is 0.533. The Hall–Kier alpha value is -1.75. The fourth-order valence-corrected chi connectivity index (χ4v) is 2.14. The summed E-state index contributed by atoms with van der Waals surface area (Å²) < 4.78 is 5.55. The van der Waals surface area contributed by atoms with Crippen LogP contribution in [0.3, 0.4) is 0 Å². The van der Waals surface area contributed by atoms with Crippen LogP contribution < -0.4 is 10.1 Å². The molecule has 5 heteroatoms. The molecule has 0 bridgehead atoms. The Labute approximate surface area is 119 Å². The first-order valence-corrected chi connectivity index (χ1v) is 7.07. The minimum absolute atomic E-state index is 0.0177. The van der Waals surface area contributed by atoms with Crippen molar-refractivity contribution in [2.75, 3.05) is 25.1 Å². The molecule has 0 spiro atoms. The quantitative estimate of drug-likeness (QED) is 0.840. The summed E-state index contributed by atoms with van der Waals surface area (Å²) in [5.41, 5.74) is 1.76. The summed E-state index contributed by atoms with van der Waals surface area (Å²) in [7, 11) is 0. The number of urea groups is 1. The highest BCUT2D eigenvalue weighted by Crippen LogP contribution is 2.29. The predicted molar refractivity (Wildman–Crippen MR) is 78.2 cm³/mol. The first kappa shape index (κ1) is 14.7. The van der Waals surface area contributed by atoms with Gasteiger partial charge in [0.25, 0.3) is 0 Å². The Kier molecular flexibility index (Phi) is 4.84. The summed E-state index contributed by atoms with van der Waals surface area (Å²) in [5.74, 6) is 0.681. The molecule has 0 unspecified atom stereocenters. The maximum Gasteiger partial charge on any atom is 0.322 e. The number of carbonyl (C=O) groups is 1. The number of rotatable bonds is 6. The number of nitrogens with one attached hydrogen (secondary N) is 1. The second kappa shape index (κ2) is 6.61. The molecule has 1 saturated carbocycles. The molecule has 1 aliphatic rings. The molecule has 1 aromatic carbocycles. The van der Waals surface area contributed by atoms with Crippen LogP contribution >= 0.6 is 0 Å². The zero-order valence-electron chi connectivity index (χ0n) is 12.1. The highest BCUT2D eigenvalue weighted by atomic mass is 16.5. The predicted octanol–water partition coefficient (Wildman–Crippen LogP) is 2.38. The van der Waals surface area contributed by atoms with Crippen LogP contribution in [0.2, 0.25) is 0 Å². The van der Waals surface area contributed by atoms with Crippen LogP contribution in [-0.4, -0.2) is 41.8 Å². The summed E-state index contributed by atoms with van der Waals surface area (Å²) >= 11 is 0. The zero-order valence-corrected chi connectivity index (χ0v) is 12.1. The van der Waals surface area contributed by atoms with E-state index in [4.69, 9.17) is 9.84 Å². The number of hydrogen-bond donors (Lipinski definition) is 2. The largest absolute Gasteiger partial charge is 0.492 e. The molecule has 2 rings (SSSR count). The molecule has 0 aliphatic heterocycles. The lowest BCUT2D eigenvalue weighted by Crippen LogP contribution is -2.38. The molecule has 0 atom stereocenters. The van der Waals surface area contributed by atoms with Crippen LogP contribution in [0.4, 0.5) is 10.5 Å². The SMILES string of the molecule is CCOc1cc(C)ccc1NC(=O)N(CCO)C1CC1. The fourth-order valence-electron chi connectivity index (χ4n) is 2.14. The lowest BCUT2D eigenvalue weighted by molar-refractivity contribution is 0.185. The van der Waals surface area contributed by atoms with E-state index < -0.39 is 0 Å². The van der Waals surface area contributed by atoms with Gasteiger partial charge in [0.05, 0.1) is 18.9 Å². The summed E-state index contributed by atoms with van der Waals surface area (Å²) in [6, 6.07) is 5.79. The van der Waals surface area contributed by atoms with E-state index in [0.29, 0.717) is 24.6 Å². The van der Waals surface area contributed by atoms with E-state index in [-0.39, 0.29) is 18.7 Å². The van der Waals surface area contributed by atoms with Crippen molar-refractivity contribution in [3.8, 4) is 5.75 Å². The van der Waals surface area contributed by atoms with Gasteiger partial charge in [0.1, 0.15) is 5.75 Å². The smallest absolute Gasteiger partial charge is 0.322 e. The molecule has 5 nitrogen and oxygen atoms in total. The third-order valence-electron chi connectivity index (χ3n) is 3.27. The van der Waals surface area contributed by atoms with Crippen molar-refractivity contribution >= 4 is 11.7 Å². The van der Waals surface area contributed by atoms with Gasteiger partial charge in [-0.05, 0) is 44.4 Å². The van der Waals surface area contributed by atoms with Crippen molar-refractivity contribution in [2.24, 2.45) is 0 Å². The second-order valence-corrected chi connectivity index (χ2v) is 5.01. The number of aryl methyl sites for hydroxylation is 1. The summed E-state index contributed by atoms with van der Waals surface area (Å²) in [4.78, 5) is 14.0. The van der Waals surface area contributed by atoms with E-state index in [1.165, 1.54) is 0 Å². The molecule has 2 N–H and O–H groups in total. The Balaban J connectivity index is 2.09. The maximum absolute atomic E-state index is 12.3. The minimum Gasteiger partial charge on any atom is -0.492 e. The minimum atomic E-state index is -0.175. The van der Waals surface area contributed by atoms with Crippen molar-refractivity contribution in [2.45, 2.75) is 32.7 Å². The average Bonchev–Trinajstić information content (AvgIpc) is 3.23. The Morgan fingerprint density at radius 2 is 2.25 bits per heavy atom. The number of ether oxygens (including phenoxy) is 1. The van der Waals surface area contributed by atoms with E-state index in [2.05, 4.69) is 5.32 Å². The lowest BCUT2D eigenvalue weighted by atomic mass is 10.2. The van der Waals surface area contributed by atoms with Crippen LogP contribution in [0, 0.1) is 6.92 Å². The maximum atomic E-state index is 12.3. The molecule has 0 saturated heterocycles. The number of aliphatic hydroxyl groups excluding tert-OH is 1. The highest BCUT2D eigenvalue weighted by molar-refractivity contribution is 5.91. The summed E-state index contributed by atoms with van der Waals surface area (Å²) in [6.07, 6.45) is 2.03. The molecule has 0 heterocycles. The van der Waals surface area contributed by atoms with Crippen LogP contribution in [-0.2, 0) is 0 Å². The normalized spacial score (nSPS) is 13.9. The molecule has 1 fully saturated rings. The number of carbonyl (C=O) groups excluding carboxylic acids is 1. The topological polar surface area (TPSA) is 61.8 Å². The van der Waals surface area contributed by atoms with Crippen molar-refractivity contribution in [1.82, 2.24) is 4.90 Å². The van der Waals surface area contributed by atoms with Gasteiger partial charge in [-0.2, -0.15) is 0 Å². The highest BCUT2D eigenvalue weighted by Gasteiger charge is 2.32. The van der Waals surface area contributed by atoms with Gasteiger partial charge in [-0.15, -0.1) is 0 Å². The van der Waals surface area contributed by atoms with Gasteiger partial charge in [-0.3, -0.25) is 0 Å². The molecular weight excluding hydrogens is 256 g/mol. The van der Waals surface area contributed by atoms with Gasteiger partial charge in [0.15, 0.2) is 0 Å². The van der Waals surface area contributed by atoms with E-state index in [1.54, 1.807) is 4.90 Å². The molecular formula is C15H22N2O3. The lowest BCUT2D eigenvalue weighted by Gasteiger charge is -2.22. The number of aliphatic hydroxyl groups is 1. The molecule has 0 radical (unpaired) electrons. The van der Waals surface area contributed by atoms with Gasteiger partial charge in [0, 0.05) is 12.6 Å². The number of benzene rings is 1. The van der Waals surface area contributed by atoms with E-state index in [1.807, 2.05) is 32.0 Å². The van der Waals surface area contributed by atoms with Crippen molar-refractivity contribution < 1.29 is 14.6 Å². The third kappa shape index (κ3) is 3.63. The number of anilines is 1. The van der Waals surface area contributed by atoms with Crippen LogP contribution in [0.5, 0.6) is 5.75 Å². The summed E-state index contributed by atoms with van der Waals surface area (Å²) in [6.45, 7) is 4.80. The molecule has 2 amide bonds. The molecule has 1 aromatic rings. The van der Waals surface area contributed by atoms with Gasteiger partial charge >= 0.3 is 6.03 Å². The summed E-state index contributed by atoms with van der Waals surface area (Å²) in [5, 5.41) is 11.9. The van der Waals surface area contributed by atoms with Gasteiger partial charge in [-0.1, -0.05) is 6.07 Å². The number of nitrogens with zero attached hydrogens (tertiary/aromatic N) is 1. The van der Waals surface area contributed by atoms with Crippen molar-refractivity contribution in [1.29, 1.82) is 0 Å². The molecule has 110 valence electrons. The third-order valence-corrected chi connectivity index (χ3v) is 3.27. The number of amides is 2. The molecule has 20 heavy (non-hydrogen) atoms. The van der Waals surface area contributed by atoms with E-state index >= 15 is 0 Å². The van der Waals surface area contributed by atoms with Gasteiger partial charge in [0.2, 0.25) is 0 Å².